The number of anilines is 1. The Morgan fingerprint density at radius 2 is 1.70 bits per heavy atom. The zero-order valence-corrected chi connectivity index (χ0v) is 18.6. The van der Waals surface area contributed by atoms with Crippen LogP contribution in [0.1, 0.15) is 47.2 Å². The number of nitrogens with zero attached hydrogens (tertiary/aromatic N) is 1. The van der Waals surface area contributed by atoms with Crippen LogP contribution in [-0.4, -0.2) is 45.4 Å². The molecule has 0 atom stereocenters. The summed E-state index contributed by atoms with van der Waals surface area (Å²) >= 11 is 0. The minimum Gasteiger partial charge on any atom is -0.352 e. The summed E-state index contributed by atoms with van der Waals surface area (Å²) in [4.78, 5) is 15.3. The first-order chi connectivity index (χ1) is 14.4. The lowest BCUT2D eigenvalue weighted by molar-refractivity contribution is 0.0950. The summed E-state index contributed by atoms with van der Waals surface area (Å²) in [6, 6.07) is 11.8. The largest absolute Gasteiger partial charge is 0.352 e. The predicted molar refractivity (Wildman–Crippen MR) is 120 cm³/mol. The monoisotopic (exact) mass is 429 g/mol. The zero-order valence-electron chi connectivity index (χ0n) is 17.8. The minimum atomic E-state index is -3.72. The fourth-order valence-electron chi connectivity index (χ4n) is 3.70. The molecule has 1 amide bonds. The topological polar surface area (TPSA) is 78.5 Å². The van der Waals surface area contributed by atoms with Crippen molar-refractivity contribution in [3.8, 4) is 0 Å². The van der Waals surface area contributed by atoms with E-state index in [2.05, 4.69) is 14.9 Å². The molecule has 0 saturated carbocycles. The number of nitrogens with one attached hydrogen (secondary N) is 2. The Bertz CT molecular complexity index is 966. The van der Waals surface area contributed by atoms with Gasteiger partial charge in [0.1, 0.15) is 0 Å². The number of amides is 1. The van der Waals surface area contributed by atoms with Gasteiger partial charge in [-0.05, 0) is 82.6 Å². The van der Waals surface area contributed by atoms with Crippen LogP contribution in [0.2, 0.25) is 0 Å². The van der Waals surface area contributed by atoms with E-state index >= 15 is 0 Å². The van der Waals surface area contributed by atoms with Crippen LogP contribution in [0.15, 0.2) is 47.4 Å². The van der Waals surface area contributed by atoms with Crippen molar-refractivity contribution in [3.05, 3.63) is 59.2 Å². The van der Waals surface area contributed by atoms with Crippen molar-refractivity contribution in [3.63, 3.8) is 0 Å². The number of carbonyl (C=O) groups excluding carboxylic acids is 1. The van der Waals surface area contributed by atoms with E-state index in [1.54, 1.807) is 49.4 Å². The number of piperidine rings is 1. The summed E-state index contributed by atoms with van der Waals surface area (Å²) in [7, 11) is -3.72. The molecule has 1 fully saturated rings. The van der Waals surface area contributed by atoms with Gasteiger partial charge in [-0.2, -0.15) is 0 Å². The normalized spacial score (nSPS) is 15.0. The molecule has 7 heteroatoms. The summed E-state index contributed by atoms with van der Waals surface area (Å²) in [6.45, 7) is 7.56. The molecule has 0 aromatic heterocycles. The van der Waals surface area contributed by atoms with Crippen LogP contribution in [0.5, 0.6) is 0 Å². The van der Waals surface area contributed by atoms with Gasteiger partial charge in [-0.1, -0.05) is 30.2 Å². The van der Waals surface area contributed by atoms with Gasteiger partial charge in [-0.3, -0.25) is 9.52 Å². The van der Waals surface area contributed by atoms with E-state index in [4.69, 9.17) is 0 Å². The third-order valence-corrected chi connectivity index (χ3v) is 6.92. The summed E-state index contributed by atoms with van der Waals surface area (Å²) < 4.78 is 28.0. The van der Waals surface area contributed by atoms with Crippen LogP contribution in [0, 0.1) is 13.8 Å². The van der Waals surface area contributed by atoms with Crippen LogP contribution < -0.4 is 10.0 Å². The molecule has 2 aromatic carbocycles. The first kappa shape index (κ1) is 22.3. The number of carbonyl (C=O) groups is 1. The van der Waals surface area contributed by atoms with E-state index < -0.39 is 10.0 Å². The van der Waals surface area contributed by atoms with E-state index in [0.29, 0.717) is 23.4 Å². The molecular formula is C23H31N3O3S. The van der Waals surface area contributed by atoms with Crippen LogP contribution in [0.3, 0.4) is 0 Å². The van der Waals surface area contributed by atoms with Gasteiger partial charge in [0.15, 0.2) is 0 Å². The Morgan fingerprint density at radius 3 is 2.40 bits per heavy atom. The summed E-state index contributed by atoms with van der Waals surface area (Å²) in [5.41, 5.74) is 2.50. The Hall–Kier alpha value is -2.38. The maximum Gasteiger partial charge on any atom is 0.261 e. The van der Waals surface area contributed by atoms with Crippen LogP contribution in [0.4, 0.5) is 5.69 Å². The number of rotatable bonds is 8. The van der Waals surface area contributed by atoms with Crippen LogP contribution >= 0.6 is 0 Å². The molecule has 0 spiro atoms. The van der Waals surface area contributed by atoms with Gasteiger partial charge in [-0.25, -0.2) is 8.42 Å². The maximum absolute atomic E-state index is 12.7. The second-order valence-electron chi connectivity index (χ2n) is 7.91. The first-order valence-electron chi connectivity index (χ1n) is 10.6. The second kappa shape index (κ2) is 10.1. The van der Waals surface area contributed by atoms with Crippen LogP contribution in [-0.2, 0) is 10.0 Å². The van der Waals surface area contributed by atoms with Crippen molar-refractivity contribution in [2.45, 2.75) is 44.4 Å². The molecule has 1 aliphatic rings. The first-order valence-corrected chi connectivity index (χ1v) is 12.0. The highest BCUT2D eigenvalue weighted by Gasteiger charge is 2.18. The molecule has 1 aliphatic heterocycles. The van der Waals surface area contributed by atoms with Crippen molar-refractivity contribution in [1.82, 2.24) is 10.2 Å². The molecule has 1 heterocycles. The Labute approximate surface area is 179 Å². The molecule has 0 radical (unpaired) electrons. The molecular weight excluding hydrogens is 398 g/mol. The molecule has 162 valence electrons. The molecule has 1 saturated heterocycles. The van der Waals surface area contributed by atoms with Crippen molar-refractivity contribution in [1.29, 1.82) is 0 Å². The summed E-state index contributed by atoms with van der Waals surface area (Å²) in [6.07, 6.45) is 4.74. The molecule has 2 N–H and O–H groups in total. The lowest BCUT2D eigenvalue weighted by atomic mass is 10.1. The fourth-order valence-corrected chi connectivity index (χ4v) is 4.82. The number of hydrogen-bond acceptors (Lipinski definition) is 4. The number of aryl methyl sites for hydroxylation is 1. The number of hydrogen-bond donors (Lipinski definition) is 2. The van der Waals surface area contributed by atoms with Crippen molar-refractivity contribution in [2.24, 2.45) is 0 Å². The lowest BCUT2D eigenvalue weighted by Gasteiger charge is -2.26. The van der Waals surface area contributed by atoms with Crippen molar-refractivity contribution in [2.75, 3.05) is 30.9 Å². The second-order valence-corrected chi connectivity index (χ2v) is 9.59. The third kappa shape index (κ3) is 5.83. The number of sulfonamides is 1. The van der Waals surface area contributed by atoms with Gasteiger partial charge in [0, 0.05) is 12.1 Å². The zero-order chi connectivity index (χ0) is 21.6. The number of likely N-dealkylation sites (tertiary alicyclic amines) is 1. The molecule has 0 unspecified atom stereocenters. The molecule has 30 heavy (non-hydrogen) atoms. The average molecular weight is 430 g/mol. The third-order valence-electron chi connectivity index (χ3n) is 5.54. The van der Waals surface area contributed by atoms with E-state index in [-0.39, 0.29) is 10.8 Å². The predicted octanol–water partition coefficient (Wildman–Crippen LogP) is 3.71. The Kier molecular flexibility index (Phi) is 7.50. The van der Waals surface area contributed by atoms with Gasteiger partial charge in [0.2, 0.25) is 0 Å². The van der Waals surface area contributed by atoms with E-state index in [9.17, 15) is 13.2 Å². The molecule has 3 rings (SSSR count). The quantitative estimate of drug-likeness (QED) is 0.627. The van der Waals surface area contributed by atoms with E-state index in [1.807, 2.05) is 6.92 Å². The standard InChI is InChI=1S/C23H31N3O3S/c1-18-10-12-20(13-11-18)30(28,29)25-22-9-6-8-21(19(22)2)23(27)24-14-7-17-26-15-4-3-5-16-26/h6,8-13,25H,3-5,7,14-17H2,1-2H3,(H,24,27). The summed E-state index contributed by atoms with van der Waals surface area (Å²) in [5, 5.41) is 2.96. The Balaban J connectivity index is 1.60. The van der Waals surface area contributed by atoms with Gasteiger partial charge >= 0.3 is 0 Å². The Morgan fingerprint density at radius 1 is 1.00 bits per heavy atom. The molecule has 2 aromatic rings. The van der Waals surface area contributed by atoms with E-state index in [1.165, 1.54) is 19.3 Å². The molecule has 0 aliphatic carbocycles. The molecule has 0 bridgehead atoms. The highest BCUT2D eigenvalue weighted by molar-refractivity contribution is 7.92. The molecule has 6 nitrogen and oxygen atoms in total. The SMILES string of the molecule is Cc1ccc(S(=O)(=O)Nc2cccc(C(=O)NCCCN3CCCCC3)c2C)cc1. The fraction of sp³-hybridized carbons (Fsp3) is 0.435. The van der Waals surface area contributed by atoms with Gasteiger partial charge in [-0.15, -0.1) is 0 Å². The van der Waals surface area contributed by atoms with Crippen molar-refractivity contribution >= 4 is 21.6 Å². The average Bonchev–Trinajstić information content (AvgIpc) is 2.73. The smallest absolute Gasteiger partial charge is 0.261 e. The van der Waals surface area contributed by atoms with Gasteiger partial charge < -0.3 is 10.2 Å². The van der Waals surface area contributed by atoms with Crippen LogP contribution in [0.25, 0.3) is 0 Å². The number of benzene rings is 2. The maximum atomic E-state index is 12.7. The van der Waals surface area contributed by atoms with E-state index in [0.717, 1.165) is 31.6 Å². The highest BCUT2D eigenvalue weighted by Crippen LogP contribution is 2.23. The summed E-state index contributed by atoms with van der Waals surface area (Å²) in [5.74, 6) is -0.178. The van der Waals surface area contributed by atoms with Gasteiger partial charge in [0.25, 0.3) is 15.9 Å². The van der Waals surface area contributed by atoms with Crippen molar-refractivity contribution < 1.29 is 13.2 Å². The van der Waals surface area contributed by atoms with Gasteiger partial charge in [0.05, 0.1) is 10.6 Å². The highest BCUT2D eigenvalue weighted by atomic mass is 32.2. The minimum absolute atomic E-state index is 0.178. The lowest BCUT2D eigenvalue weighted by Crippen LogP contribution is -2.33.